The summed E-state index contributed by atoms with van der Waals surface area (Å²) in [4.78, 5) is 32.3. The number of carbonyl (C=O) groups is 1. The highest BCUT2D eigenvalue weighted by Crippen LogP contribution is 2.41. The molecule has 2 aliphatic heterocycles. The van der Waals surface area contributed by atoms with Crippen LogP contribution in [0, 0.1) is 0 Å². The largest absolute Gasteiger partial charge is 0.465 e. The van der Waals surface area contributed by atoms with E-state index < -0.39 is 32.4 Å². The number of piperidine rings is 1. The molecule has 43 heavy (non-hydrogen) atoms. The van der Waals surface area contributed by atoms with Crippen molar-refractivity contribution in [1.82, 2.24) is 29.2 Å². The van der Waals surface area contributed by atoms with Gasteiger partial charge in [0.1, 0.15) is 12.9 Å². The van der Waals surface area contributed by atoms with Gasteiger partial charge in [0.15, 0.2) is 5.65 Å². The van der Waals surface area contributed by atoms with Crippen molar-refractivity contribution >= 4 is 53.7 Å². The van der Waals surface area contributed by atoms with E-state index in [0.29, 0.717) is 59.0 Å². The van der Waals surface area contributed by atoms with Gasteiger partial charge in [-0.05, 0) is 31.4 Å². The van der Waals surface area contributed by atoms with Crippen molar-refractivity contribution in [3.05, 3.63) is 39.9 Å². The first-order valence-corrected chi connectivity index (χ1v) is 18.6. The third-order valence-corrected chi connectivity index (χ3v) is 10.8. The molecule has 5 heterocycles. The number of anilines is 1. The van der Waals surface area contributed by atoms with Crippen molar-refractivity contribution in [2.24, 2.45) is 14.1 Å². The van der Waals surface area contributed by atoms with E-state index >= 15 is 4.39 Å². The third-order valence-electron chi connectivity index (χ3n) is 8.69. The summed E-state index contributed by atoms with van der Waals surface area (Å²) in [5.74, 6) is 0.364. The summed E-state index contributed by atoms with van der Waals surface area (Å²) in [7, 11) is 2.16. The maximum atomic E-state index is 15.6. The summed E-state index contributed by atoms with van der Waals surface area (Å²) in [5, 5.41) is 17.7. The normalized spacial score (nSPS) is 22.2. The summed E-state index contributed by atoms with van der Waals surface area (Å²) < 4.78 is 26.7. The molecular formula is C29H37ClFN7O4Si. The molecule has 0 aliphatic carbocycles. The van der Waals surface area contributed by atoms with Crippen molar-refractivity contribution in [1.29, 1.82) is 0 Å². The fourth-order valence-corrected chi connectivity index (χ4v) is 7.59. The topological polar surface area (TPSA) is 119 Å². The van der Waals surface area contributed by atoms with Crippen molar-refractivity contribution < 1.29 is 19.0 Å². The number of alkyl halides is 1. The number of fused-ring (bicyclic) bond motifs is 4. The highest BCUT2D eigenvalue weighted by Gasteiger charge is 2.49. The lowest BCUT2D eigenvalue weighted by molar-refractivity contribution is 0.0899. The summed E-state index contributed by atoms with van der Waals surface area (Å²) in [6, 6.07) is 3.19. The van der Waals surface area contributed by atoms with E-state index in [1.54, 1.807) is 11.7 Å². The van der Waals surface area contributed by atoms with Crippen LogP contribution >= 0.6 is 11.6 Å². The Morgan fingerprint density at radius 3 is 2.70 bits per heavy atom. The molecule has 11 nitrogen and oxygen atoms in total. The lowest BCUT2D eigenvalue weighted by atomic mass is 9.95. The van der Waals surface area contributed by atoms with Gasteiger partial charge in [0, 0.05) is 63.7 Å². The molecule has 0 spiro atoms. The highest BCUT2D eigenvalue weighted by molar-refractivity contribution is 6.76. The molecule has 2 saturated heterocycles. The van der Waals surface area contributed by atoms with Crippen LogP contribution in [0.15, 0.2) is 29.3 Å². The lowest BCUT2D eigenvalue weighted by Gasteiger charge is -2.42. The molecule has 4 aromatic rings. The maximum Gasteiger partial charge on any atom is 0.404 e. The number of nitrogens with zero attached hydrogens (tertiary/aromatic N) is 6. The first-order valence-electron chi connectivity index (χ1n) is 14.6. The van der Waals surface area contributed by atoms with Crippen LogP contribution in [0.1, 0.15) is 19.3 Å². The number of carboxylic acid groups (broad SMARTS) is 1. The molecule has 4 atom stereocenters. The molecule has 2 aliphatic rings. The molecule has 0 unspecified atom stereocenters. The van der Waals surface area contributed by atoms with Crippen LogP contribution in [0.5, 0.6) is 0 Å². The zero-order valence-corrected chi connectivity index (χ0v) is 26.7. The van der Waals surface area contributed by atoms with Crippen LogP contribution in [0.4, 0.5) is 15.1 Å². The monoisotopic (exact) mass is 629 g/mol. The number of hydrogen-bond acceptors (Lipinski definition) is 6. The average Bonchev–Trinajstić information content (AvgIpc) is 3.59. The van der Waals surface area contributed by atoms with Gasteiger partial charge in [-0.3, -0.25) is 14.0 Å². The van der Waals surface area contributed by atoms with E-state index in [1.807, 2.05) is 41.0 Å². The van der Waals surface area contributed by atoms with E-state index in [0.717, 1.165) is 16.9 Å². The molecule has 1 amide bonds. The van der Waals surface area contributed by atoms with Gasteiger partial charge in [0.25, 0.3) is 5.56 Å². The van der Waals surface area contributed by atoms with Gasteiger partial charge >= 0.3 is 6.09 Å². The molecule has 14 heteroatoms. The third kappa shape index (κ3) is 5.31. The van der Waals surface area contributed by atoms with Crippen LogP contribution in [-0.2, 0) is 25.6 Å². The van der Waals surface area contributed by atoms with Gasteiger partial charge in [0.2, 0.25) is 5.95 Å². The van der Waals surface area contributed by atoms with E-state index in [1.165, 1.54) is 4.57 Å². The van der Waals surface area contributed by atoms with Gasteiger partial charge in [-0.1, -0.05) is 37.3 Å². The van der Waals surface area contributed by atoms with E-state index in [9.17, 15) is 14.7 Å². The minimum absolute atomic E-state index is 0.150. The Bertz CT molecular complexity index is 1780. The average molecular weight is 630 g/mol. The zero-order valence-electron chi connectivity index (χ0n) is 25.0. The quantitative estimate of drug-likeness (QED) is 0.209. The van der Waals surface area contributed by atoms with Gasteiger partial charge in [0.05, 0.1) is 28.0 Å². The molecule has 0 radical (unpaired) electrons. The van der Waals surface area contributed by atoms with Gasteiger partial charge in [-0.25, -0.2) is 9.18 Å². The van der Waals surface area contributed by atoms with Crippen molar-refractivity contribution in [3.8, 4) is 11.1 Å². The molecule has 3 aromatic heterocycles. The predicted octanol–water partition coefficient (Wildman–Crippen LogP) is 4.97. The Morgan fingerprint density at radius 2 is 1.98 bits per heavy atom. The minimum Gasteiger partial charge on any atom is -0.465 e. The van der Waals surface area contributed by atoms with Crippen molar-refractivity contribution in [2.75, 3.05) is 11.5 Å². The molecule has 0 saturated carbocycles. The lowest BCUT2D eigenvalue weighted by Crippen LogP contribution is -2.59. The summed E-state index contributed by atoms with van der Waals surface area (Å²) in [6.07, 6.45) is 2.56. The molecule has 2 N–H and O–H groups in total. The second kappa shape index (κ2) is 10.9. The fourth-order valence-electron chi connectivity index (χ4n) is 6.52. The summed E-state index contributed by atoms with van der Waals surface area (Å²) in [5.41, 5.74) is 2.22. The Hall–Kier alpha value is -3.42. The molecule has 6 rings (SSSR count). The number of rotatable bonds is 8. The molecule has 2 bridgehead atoms. The number of hydrogen-bond donors (Lipinski definition) is 2. The SMILES string of the molecule is Cn1cc2c(Cl)c(-c3cn(COCC[Si](C)(C)C)c4nc(N5[C@@H]6CC[C@H]5[C@H](F)[C@H](NC(=O)O)C6)n(C)c(=O)c34)ccc2n1. The molecule has 2 fully saturated rings. The minimum atomic E-state index is -1.43. The number of aryl methyl sites for hydroxylation is 1. The van der Waals surface area contributed by atoms with Crippen molar-refractivity contribution in [2.45, 2.75) is 76.0 Å². The molecule has 230 valence electrons. The van der Waals surface area contributed by atoms with E-state index in [-0.39, 0.29) is 18.3 Å². The van der Waals surface area contributed by atoms with E-state index in [4.69, 9.17) is 21.3 Å². The summed E-state index contributed by atoms with van der Waals surface area (Å²) in [6.45, 7) is 7.64. The second-order valence-corrected chi connectivity index (χ2v) is 18.9. The number of ether oxygens (including phenoxy) is 1. The second-order valence-electron chi connectivity index (χ2n) is 12.9. The Kier molecular flexibility index (Phi) is 7.54. The van der Waals surface area contributed by atoms with E-state index in [2.05, 4.69) is 30.1 Å². The first kappa shape index (κ1) is 29.6. The Balaban J connectivity index is 1.47. The van der Waals surface area contributed by atoms with Crippen LogP contribution < -0.4 is 15.8 Å². The highest BCUT2D eigenvalue weighted by atomic mass is 35.5. The van der Waals surface area contributed by atoms with Crippen LogP contribution in [0.25, 0.3) is 33.1 Å². The smallest absolute Gasteiger partial charge is 0.404 e. The first-order chi connectivity index (χ1) is 20.3. The number of amides is 1. The molecular weight excluding hydrogens is 593 g/mol. The Labute approximate surface area is 254 Å². The Morgan fingerprint density at radius 1 is 1.21 bits per heavy atom. The number of nitrogens with one attached hydrogen (secondary N) is 1. The maximum absolute atomic E-state index is 15.6. The fraction of sp³-hybridized carbons (Fsp3) is 0.517. The van der Waals surface area contributed by atoms with Crippen LogP contribution in [0.3, 0.4) is 0 Å². The predicted molar refractivity (Wildman–Crippen MR) is 168 cm³/mol. The van der Waals surface area contributed by atoms with Gasteiger partial charge in [-0.2, -0.15) is 10.1 Å². The summed E-state index contributed by atoms with van der Waals surface area (Å²) >= 11 is 6.92. The number of aromatic nitrogens is 5. The van der Waals surface area contributed by atoms with Crippen LogP contribution in [-0.4, -0.2) is 74.1 Å². The van der Waals surface area contributed by atoms with Crippen LogP contribution in [0.2, 0.25) is 30.7 Å². The van der Waals surface area contributed by atoms with Gasteiger partial charge in [-0.15, -0.1) is 0 Å². The van der Waals surface area contributed by atoms with Crippen molar-refractivity contribution in [3.63, 3.8) is 0 Å². The number of halogens is 2. The zero-order chi connectivity index (χ0) is 30.8. The number of benzene rings is 1. The van der Waals surface area contributed by atoms with Gasteiger partial charge < -0.3 is 24.6 Å². The standard InChI is InChI=1S/C29H37ClFN7O4Si/c1-35-13-19-20(34-35)8-7-17(24(19)30)18-14-37(15-42-10-11-43(3,4)5)26-23(18)27(39)36(2)28(33-26)38-16-6-9-22(38)25(31)21(12-16)32-29(40)41/h7-8,13-14,16,21-22,25,32H,6,9-12,15H2,1-5H3,(H,40,41)/t16-,21-,22+,25-/m1/s1. The molecule has 1 aromatic carbocycles.